The fourth-order valence-electron chi connectivity index (χ4n) is 2.32. The van der Waals surface area contributed by atoms with Gasteiger partial charge in [0.05, 0.1) is 5.69 Å². The quantitative estimate of drug-likeness (QED) is 0.719. The lowest BCUT2D eigenvalue weighted by Gasteiger charge is -2.17. The minimum Gasteiger partial charge on any atom is -0.242 e. The van der Waals surface area contributed by atoms with Crippen LogP contribution >= 0.6 is 0 Å². The van der Waals surface area contributed by atoms with Gasteiger partial charge in [0, 0.05) is 41.5 Å². The molecule has 0 aliphatic heterocycles. The van der Waals surface area contributed by atoms with Gasteiger partial charge in [0.2, 0.25) is 5.95 Å². The van der Waals surface area contributed by atoms with Gasteiger partial charge in [0.1, 0.15) is 0 Å². The maximum Gasteiger partial charge on any atom is 0.211 e. The Bertz CT molecular complexity index is 827. The van der Waals surface area contributed by atoms with Crippen LogP contribution in [0.15, 0.2) is 42.6 Å². The predicted molar refractivity (Wildman–Crippen MR) is 88.3 cm³/mol. The molecule has 2 heterocycles. The predicted octanol–water partition coefficient (Wildman–Crippen LogP) is 3.98. The summed E-state index contributed by atoms with van der Waals surface area (Å²) in [4.78, 5) is 9.03. The second kappa shape index (κ2) is 5.57. The number of aromatic nitrogens is 4. The lowest BCUT2D eigenvalue weighted by Crippen LogP contribution is -2.14. The summed E-state index contributed by atoms with van der Waals surface area (Å²) >= 11 is 0. The van der Waals surface area contributed by atoms with Crippen LogP contribution in [0.4, 0.5) is 4.39 Å². The second-order valence-corrected chi connectivity index (χ2v) is 6.57. The second-order valence-electron chi connectivity index (χ2n) is 6.57. The van der Waals surface area contributed by atoms with Gasteiger partial charge in [-0.05, 0) is 12.1 Å². The summed E-state index contributed by atoms with van der Waals surface area (Å²) in [6.07, 6.45) is 1.77. The third-order valence-electron chi connectivity index (χ3n) is 3.66. The molecule has 0 aliphatic carbocycles. The fraction of sp³-hybridized carbons (Fsp3) is 0.278. The Morgan fingerprint density at radius 2 is 1.78 bits per heavy atom. The number of nitrogens with zero attached hydrogens (tertiary/aromatic N) is 4. The van der Waals surface area contributed by atoms with E-state index >= 15 is 0 Å². The molecule has 0 spiro atoms. The van der Waals surface area contributed by atoms with Crippen LogP contribution in [0.2, 0.25) is 0 Å². The number of halogens is 1. The van der Waals surface area contributed by atoms with E-state index in [-0.39, 0.29) is 11.4 Å². The van der Waals surface area contributed by atoms with E-state index in [0.29, 0.717) is 11.5 Å². The minimum atomic E-state index is -0.364. The summed E-state index contributed by atoms with van der Waals surface area (Å²) in [6, 6.07) is 11.0. The zero-order chi connectivity index (χ0) is 16.6. The SMILES string of the molecule is Cn1nc(-c2cccc(-c3nccc(C(C)(C)C)n3)c2)cc1F. The summed E-state index contributed by atoms with van der Waals surface area (Å²) in [5, 5.41) is 4.17. The molecule has 0 N–H and O–H groups in total. The van der Waals surface area contributed by atoms with Gasteiger partial charge in [0.15, 0.2) is 5.82 Å². The summed E-state index contributed by atoms with van der Waals surface area (Å²) in [6.45, 7) is 6.35. The number of benzene rings is 1. The fourth-order valence-corrected chi connectivity index (χ4v) is 2.32. The molecule has 0 saturated carbocycles. The first-order chi connectivity index (χ1) is 10.8. The average Bonchev–Trinajstić information content (AvgIpc) is 2.86. The van der Waals surface area contributed by atoms with Gasteiger partial charge >= 0.3 is 0 Å². The van der Waals surface area contributed by atoms with Crippen molar-refractivity contribution >= 4 is 0 Å². The van der Waals surface area contributed by atoms with E-state index in [2.05, 4.69) is 35.8 Å². The van der Waals surface area contributed by atoms with Gasteiger partial charge in [0.25, 0.3) is 0 Å². The molecule has 118 valence electrons. The molecular weight excluding hydrogens is 291 g/mol. The highest BCUT2D eigenvalue weighted by Gasteiger charge is 2.16. The van der Waals surface area contributed by atoms with Crippen LogP contribution in [0, 0.1) is 5.95 Å². The van der Waals surface area contributed by atoms with E-state index in [1.807, 2.05) is 30.3 Å². The monoisotopic (exact) mass is 310 g/mol. The van der Waals surface area contributed by atoms with Crippen molar-refractivity contribution < 1.29 is 4.39 Å². The number of hydrogen-bond donors (Lipinski definition) is 0. The molecule has 0 fully saturated rings. The van der Waals surface area contributed by atoms with E-state index in [1.54, 1.807) is 13.2 Å². The molecule has 5 heteroatoms. The molecule has 0 bridgehead atoms. The van der Waals surface area contributed by atoms with Crippen LogP contribution in [-0.2, 0) is 12.5 Å². The Labute approximate surface area is 135 Å². The van der Waals surface area contributed by atoms with Crippen LogP contribution in [-0.4, -0.2) is 19.7 Å². The van der Waals surface area contributed by atoms with Gasteiger partial charge in [-0.2, -0.15) is 9.49 Å². The maximum atomic E-state index is 13.5. The zero-order valence-electron chi connectivity index (χ0n) is 13.7. The van der Waals surface area contributed by atoms with Crippen LogP contribution < -0.4 is 0 Å². The first kappa shape index (κ1) is 15.3. The smallest absolute Gasteiger partial charge is 0.211 e. The van der Waals surface area contributed by atoms with Crippen molar-refractivity contribution in [1.82, 2.24) is 19.7 Å². The number of aryl methyl sites for hydroxylation is 1. The molecule has 0 saturated heterocycles. The van der Waals surface area contributed by atoms with Crippen LogP contribution in [0.3, 0.4) is 0 Å². The molecule has 0 radical (unpaired) electrons. The van der Waals surface area contributed by atoms with Crippen molar-refractivity contribution in [2.24, 2.45) is 7.05 Å². The van der Waals surface area contributed by atoms with Gasteiger partial charge in [-0.1, -0.05) is 39.0 Å². The zero-order valence-corrected chi connectivity index (χ0v) is 13.7. The van der Waals surface area contributed by atoms with Gasteiger partial charge in [-0.15, -0.1) is 0 Å². The molecule has 2 aromatic heterocycles. The molecule has 0 amide bonds. The van der Waals surface area contributed by atoms with Gasteiger partial charge in [-0.3, -0.25) is 0 Å². The van der Waals surface area contributed by atoms with Crippen molar-refractivity contribution in [2.75, 3.05) is 0 Å². The largest absolute Gasteiger partial charge is 0.242 e. The van der Waals surface area contributed by atoms with Crippen molar-refractivity contribution in [3.05, 3.63) is 54.2 Å². The van der Waals surface area contributed by atoms with E-state index < -0.39 is 0 Å². The maximum absolute atomic E-state index is 13.5. The molecule has 3 aromatic rings. The number of hydrogen-bond acceptors (Lipinski definition) is 3. The Morgan fingerprint density at radius 3 is 2.43 bits per heavy atom. The third-order valence-corrected chi connectivity index (χ3v) is 3.66. The van der Waals surface area contributed by atoms with Crippen molar-refractivity contribution in [1.29, 1.82) is 0 Å². The third kappa shape index (κ3) is 3.13. The summed E-state index contributed by atoms with van der Waals surface area (Å²) in [5.74, 6) is 0.298. The topological polar surface area (TPSA) is 43.6 Å². The van der Waals surface area contributed by atoms with E-state index in [4.69, 9.17) is 0 Å². The molecule has 3 rings (SSSR count). The first-order valence-corrected chi connectivity index (χ1v) is 7.48. The Kier molecular flexibility index (Phi) is 3.72. The Morgan fingerprint density at radius 1 is 1.04 bits per heavy atom. The van der Waals surface area contributed by atoms with Crippen molar-refractivity contribution in [3.8, 4) is 22.6 Å². The van der Waals surface area contributed by atoms with E-state index in [1.165, 1.54) is 10.7 Å². The Balaban J connectivity index is 2.03. The normalized spacial score (nSPS) is 11.7. The van der Waals surface area contributed by atoms with Crippen molar-refractivity contribution in [3.63, 3.8) is 0 Å². The average molecular weight is 310 g/mol. The van der Waals surface area contributed by atoms with Crippen LogP contribution in [0.1, 0.15) is 26.5 Å². The molecule has 0 aliphatic rings. The van der Waals surface area contributed by atoms with E-state index in [0.717, 1.165) is 16.8 Å². The lowest BCUT2D eigenvalue weighted by atomic mass is 9.92. The highest BCUT2D eigenvalue weighted by atomic mass is 19.1. The number of rotatable bonds is 2. The molecule has 1 aromatic carbocycles. The standard InChI is InChI=1S/C18H19FN4/c1-18(2,3)15-8-9-20-17(21-15)13-7-5-6-12(10-13)14-11-16(19)23(4)22-14/h5-11H,1-4H3. The first-order valence-electron chi connectivity index (χ1n) is 7.48. The summed E-state index contributed by atoms with van der Waals surface area (Å²) in [5.41, 5.74) is 3.27. The van der Waals surface area contributed by atoms with E-state index in [9.17, 15) is 4.39 Å². The highest BCUT2D eigenvalue weighted by Crippen LogP contribution is 2.26. The molecule has 0 unspecified atom stereocenters. The van der Waals surface area contributed by atoms with Crippen LogP contribution in [0.25, 0.3) is 22.6 Å². The summed E-state index contributed by atoms with van der Waals surface area (Å²) < 4.78 is 14.7. The summed E-state index contributed by atoms with van der Waals surface area (Å²) in [7, 11) is 1.58. The molecule has 23 heavy (non-hydrogen) atoms. The molecule has 0 atom stereocenters. The van der Waals surface area contributed by atoms with Crippen molar-refractivity contribution in [2.45, 2.75) is 26.2 Å². The Hall–Kier alpha value is -2.56. The lowest BCUT2D eigenvalue weighted by molar-refractivity contribution is 0.504. The van der Waals surface area contributed by atoms with Gasteiger partial charge in [-0.25, -0.2) is 14.6 Å². The van der Waals surface area contributed by atoms with Crippen LogP contribution in [0.5, 0.6) is 0 Å². The molecule has 4 nitrogen and oxygen atoms in total. The van der Waals surface area contributed by atoms with Gasteiger partial charge < -0.3 is 0 Å². The highest BCUT2D eigenvalue weighted by molar-refractivity contribution is 5.67. The molecular formula is C18H19FN4. The minimum absolute atomic E-state index is 0.0422.